The molecule has 1 saturated heterocycles. The molecule has 0 bridgehead atoms. The highest BCUT2D eigenvalue weighted by molar-refractivity contribution is 5.58. The first-order valence-corrected chi connectivity index (χ1v) is 9.14. The smallest absolute Gasteiger partial charge is 0.247 e. The van der Waals surface area contributed by atoms with Crippen LogP contribution in [0.25, 0.3) is 11.5 Å². The van der Waals surface area contributed by atoms with Gasteiger partial charge in [0.1, 0.15) is 18.1 Å². The molecule has 3 aromatic rings. The summed E-state index contributed by atoms with van der Waals surface area (Å²) in [4.78, 5) is 4.36. The average molecular weight is 368 g/mol. The average Bonchev–Trinajstić information content (AvgIpc) is 3.42. The summed E-state index contributed by atoms with van der Waals surface area (Å²) in [6, 6.07) is 11.8. The lowest BCUT2D eigenvalue weighted by Gasteiger charge is -2.13. The third-order valence-corrected chi connectivity index (χ3v) is 4.95. The molecule has 1 aliphatic heterocycles. The van der Waals surface area contributed by atoms with E-state index in [0.717, 1.165) is 43.1 Å². The molecule has 142 valence electrons. The molecule has 7 heteroatoms. The number of aromatic nitrogens is 2. The maximum atomic E-state index is 9.10. The molecular weight excluding hydrogens is 344 g/mol. The monoisotopic (exact) mass is 368 g/mol. The summed E-state index contributed by atoms with van der Waals surface area (Å²) in [6.45, 7) is 2.47. The van der Waals surface area contributed by atoms with Crippen LogP contribution in [0.4, 0.5) is 5.69 Å². The van der Waals surface area contributed by atoms with Gasteiger partial charge in [-0.05, 0) is 49.4 Å². The zero-order chi connectivity index (χ0) is 18.8. The van der Waals surface area contributed by atoms with Crippen molar-refractivity contribution in [3.63, 3.8) is 0 Å². The highest BCUT2D eigenvalue weighted by Crippen LogP contribution is 2.30. The van der Waals surface area contributed by atoms with Crippen molar-refractivity contribution in [1.82, 2.24) is 15.1 Å². The van der Waals surface area contributed by atoms with Gasteiger partial charge in [-0.1, -0.05) is 0 Å². The fourth-order valence-electron chi connectivity index (χ4n) is 3.41. The first-order valence-electron chi connectivity index (χ1n) is 9.14. The molecular formula is C20H24N4O3. The molecule has 1 aliphatic rings. The molecule has 1 N–H and O–H groups in total. The van der Waals surface area contributed by atoms with E-state index in [9.17, 15) is 0 Å². The van der Waals surface area contributed by atoms with E-state index in [1.165, 1.54) is 0 Å². The molecule has 7 nitrogen and oxygen atoms in total. The van der Waals surface area contributed by atoms with Crippen molar-refractivity contribution in [2.24, 2.45) is 0 Å². The van der Waals surface area contributed by atoms with E-state index in [-0.39, 0.29) is 12.5 Å². The summed E-state index contributed by atoms with van der Waals surface area (Å²) in [5.41, 5.74) is 2.06. The molecule has 3 heterocycles. The summed E-state index contributed by atoms with van der Waals surface area (Å²) in [5.74, 6) is 2.96. The van der Waals surface area contributed by atoms with Gasteiger partial charge in [0.2, 0.25) is 11.8 Å². The van der Waals surface area contributed by atoms with Crippen LogP contribution in [0.2, 0.25) is 0 Å². The molecule has 4 rings (SSSR count). The van der Waals surface area contributed by atoms with Crippen molar-refractivity contribution >= 4 is 5.69 Å². The zero-order valence-corrected chi connectivity index (χ0v) is 15.6. The van der Waals surface area contributed by atoms with Gasteiger partial charge in [0.15, 0.2) is 0 Å². The summed E-state index contributed by atoms with van der Waals surface area (Å²) < 4.78 is 11.5. The molecule has 1 fully saturated rings. The topological polar surface area (TPSA) is 78.8 Å². The van der Waals surface area contributed by atoms with E-state index in [0.29, 0.717) is 17.5 Å². The van der Waals surface area contributed by atoms with Crippen molar-refractivity contribution in [3.05, 3.63) is 53.8 Å². The van der Waals surface area contributed by atoms with Crippen molar-refractivity contribution in [3.8, 4) is 11.5 Å². The molecule has 0 spiro atoms. The SMILES string of the molecule is CN(C)c1ccc(-c2nnc(C3CCN(Cc4ccc(CO)o4)C3)o2)cc1. The van der Waals surface area contributed by atoms with Gasteiger partial charge < -0.3 is 18.8 Å². The van der Waals surface area contributed by atoms with Crippen molar-refractivity contribution in [1.29, 1.82) is 0 Å². The lowest BCUT2D eigenvalue weighted by molar-refractivity contribution is 0.231. The number of hydrogen-bond acceptors (Lipinski definition) is 7. The van der Waals surface area contributed by atoms with Crippen LogP contribution < -0.4 is 4.90 Å². The minimum absolute atomic E-state index is 0.0666. The Kier molecular flexibility index (Phi) is 4.96. The number of rotatable bonds is 6. The van der Waals surface area contributed by atoms with Gasteiger partial charge in [-0.2, -0.15) is 0 Å². The lowest BCUT2D eigenvalue weighted by atomic mass is 10.1. The first-order chi connectivity index (χ1) is 13.1. The molecule has 0 amide bonds. The molecule has 2 aromatic heterocycles. The third kappa shape index (κ3) is 3.89. The normalized spacial score (nSPS) is 17.5. The van der Waals surface area contributed by atoms with Crippen molar-refractivity contribution in [2.45, 2.75) is 25.5 Å². The summed E-state index contributed by atoms with van der Waals surface area (Å²) in [5, 5.41) is 17.6. The van der Waals surface area contributed by atoms with Crippen molar-refractivity contribution < 1.29 is 13.9 Å². The molecule has 1 unspecified atom stereocenters. The summed E-state index contributed by atoms with van der Waals surface area (Å²) >= 11 is 0. The van der Waals surface area contributed by atoms with Crippen LogP contribution in [0.3, 0.4) is 0 Å². The van der Waals surface area contributed by atoms with Crippen LogP contribution in [-0.2, 0) is 13.2 Å². The fourth-order valence-corrected chi connectivity index (χ4v) is 3.41. The molecule has 1 aromatic carbocycles. The van der Waals surface area contributed by atoms with E-state index in [4.69, 9.17) is 13.9 Å². The van der Waals surface area contributed by atoms with Gasteiger partial charge in [-0.25, -0.2) is 0 Å². The Morgan fingerprint density at radius 3 is 2.56 bits per heavy atom. The zero-order valence-electron chi connectivity index (χ0n) is 15.6. The van der Waals surface area contributed by atoms with E-state index in [2.05, 4.69) is 20.0 Å². The number of aliphatic hydroxyl groups excluding tert-OH is 1. The Morgan fingerprint density at radius 2 is 1.85 bits per heavy atom. The van der Waals surface area contributed by atoms with Crippen LogP contribution in [0.1, 0.15) is 29.7 Å². The Bertz CT molecular complexity index is 885. The lowest BCUT2D eigenvalue weighted by Crippen LogP contribution is -2.19. The van der Waals surface area contributed by atoms with Gasteiger partial charge in [0.25, 0.3) is 0 Å². The standard InChI is InChI=1S/C20H24N4O3/c1-23(2)16-5-3-14(4-6-16)19-21-22-20(27-19)15-9-10-24(11-15)12-17-7-8-18(13-25)26-17/h3-8,15,25H,9-13H2,1-2H3. The number of anilines is 1. The largest absolute Gasteiger partial charge is 0.462 e. The van der Waals surface area contributed by atoms with Crippen molar-refractivity contribution in [2.75, 3.05) is 32.1 Å². The number of aliphatic hydroxyl groups is 1. The van der Waals surface area contributed by atoms with Gasteiger partial charge in [-0.15, -0.1) is 10.2 Å². The van der Waals surface area contributed by atoms with Crippen LogP contribution in [0.5, 0.6) is 0 Å². The minimum Gasteiger partial charge on any atom is -0.462 e. The Balaban J connectivity index is 1.40. The molecule has 0 saturated carbocycles. The van der Waals surface area contributed by atoms with Crippen LogP contribution in [-0.4, -0.2) is 47.4 Å². The number of nitrogens with zero attached hydrogens (tertiary/aromatic N) is 4. The predicted molar refractivity (Wildman–Crippen MR) is 101 cm³/mol. The Labute approximate surface area is 158 Å². The fraction of sp³-hybridized carbons (Fsp3) is 0.400. The number of furan rings is 1. The Morgan fingerprint density at radius 1 is 1.07 bits per heavy atom. The first kappa shape index (κ1) is 17.8. The summed E-state index contributed by atoms with van der Waals surface area (Å²) in [7, 11) is 4.03. The quantitative estimate of drug-likeness (QED) is 0.717. The van der Waals surface area contributed by atoms with Crippen LogP contribution in [0, 0.1) is 0 Å². The highest BCUT2D eigenvalue weighted by Gasteiger charge is 2.29. The maximum absolute atomic E-state index is 9.10. The van der Waals surface area contributed by atoms with Crippen LogP contribution >= 0.6 is 0 Å². The molecule has 27 heavy (non-hydrogen) atoms. The Hall–Kier alpha value is -2.64. The second-order valence-electron chi connectivity index (χ2n) is 7.13. The van der Waals surface area contributed by atoms with E-state index in [1.54, 1.807) is 0 Å². The van der Waals surface area contributed by atoms with E-state index >= 15 is 0 Å². The molecule has 1 atom stereocenters. The maximum Gasteiger partial charge on any atom is 0.247 e. The second-order valence-corrected chi connectivity index (χ2v) is 7.13. The number of likely N-dealkylation sites (tertiary alicyclic amines) is 1. The van der Waals surface area contributed by atoms with Gasteiger partial charge >= 0.3 is 0 Å². The third-order valence-electron chi connectivity index (χ3n) is 4.95. The van der Waals surface area contributed by atoms with Gasteiger partial charge in [0, 0.05) is 31.9 Å². The summed E-state index contributed by atoms with van der Waals surface area (Å²) in [6.07, 6.45) is 0.981. The van der Waals surface area contributed by atoms with E-state index < -0.39 is 0 Å². The molecule has 0 radical (unpaired) electrons. The van der Waals surface area contributed by atoms with Gasteiger partial charge in [0.05, 0.1) is 12.5 Å². The number of benzene rings is 1. The van der Waals surface area contributed by atoms with E-state index in [1.807, 2.05) is 50.5 Å². The highest BCUT2D eigenvalue weighted by atomic mass is 16.4. The molecule has 0 aliphatic carbocycles. The van der Waals surface area contributed by atoms with Crippen LogP contribution in [0.15, 0.2) is 45.2 Å². The number of hydrogen-bond donors (Lipinski definition) is 1. The van der Waals surface area contributed by atoms with Gasteiger partial charge in [-0.3, -0.25) is 4.90 Å². The minimum atomic E-state index is -0.0666. The predicted octanol–water partition coefficient (Wildman–Crippen LogP) is 2.88. The second kappa shape index (κ2) is 7.54.